The molecule has 1 aromatic carbocycles. The van der Waals surface area contributed by atoms with E-state index in [1.807, 2.05) is 6.92 Å². The maximum atomic E-state index is 12.4. The van der Waals surface area contributed by atoms with Crippen molar-refractivity contribution in [2.75, 3.05) is 6.61 Å². The summed E-state index contributed by atoms with van der Waals surface area (Å²) in [6, 6.07) is 8.49. The fourth-order valence-corrected chi connectivity index (χ4v) is 2.77. The van der Waals surface area contributed by atoms with Crippen molar-refractivity contribution in [1.29, 1.82) is 0 Å². The normalized spacial score (nSPS) is 15.7. The van der Waals surface area contributed by atoms with Crippen molar-refractivity contribution in [3.63, 3.8) is 0 Å². The van der Waals surface area contributed by atoms with Crippen molar-refractivity contribution in [1.82, 2.24) is 5.32 Å². The van der Waals surface area contributed by atoms with Crippen LogP contribution in [-0.4, -0.2) is 23.7 Å². The SMILES string of the molecule is CC(CC(O)c1ccco1)NC(=O)C1=Cc2cc(Cl)ccc2OC1. The van der Waals surface area contributed by atoms with Gasteiger partial charge >= 0.3 is 0 Å². The van der Waals surface area contributed by atoms with E-state index < -0.39 is 6.10 Å². The molecule has 1 amide bonds. The molecular formula is C18H18ClNO4. The predicted octanol–water partition coefficient (Wildman–Crippen LogP) is 3.34. The van der Waals surface area contributed by atoms with Crippen LogP contribution in [0.3, 0.4) is 0 Å². The van der Waals surface area contributed by atoms with E-state index >= 15 is 0 Å². The first-order valence-electron chi connectivity index (χ1n) is 7.68. The van der Waals surface area contributed by atoms with Gasteiger partial charge in [0.2, 0.25) is 0 Å². The molecular weight excluding hydrogens is 330 g/mol. The lowest BCUT2D eigenvalue weighted by atomic mass is 10.1. The van der Waals surface area contributed by atoms with Gasteiger partial charge in [-0.15, -0.1) is 0 Å². The third kappa shape index (κ3) is 3.80. The molecule has 0 saturated carbocycles. The lowest BCUT2D eigenvalue weighted by Crippen LogP contribution is -2.36. The van der Waals surface area contributed by atoms with E-state index in [0.717, 1.165) is 5.56 Å². The van der Waals surface area contributed by atoms with Crippen LogP contribution in [0.2, 0.25) is 5.02 Å². The lowest BCUT2D eigenvalue weighted by molar-refractivity contribution is -0.118. The molecule has 6 heteroatoms. The molecule has 5 nitrogen and oxygen atoms in total. The highest BCUT2D eigenvalue weighted by Gasteiger charge is 2.21. The highest BCUT2D eigenvalue weighted by atomic mass is 35.5. The molecule has 1 aliphatic heterocycles. The standard InChI is InChI=1S/C18H18ClNO4/c1-11(7-15(21)17-3-2-6-23-17)20-18(22)13-8-12-9-14(19)4-5-16(12)24-10-13/h2-6,8-9,11,15,21H,7,10H2,1H3,(H,20,22). The zero-order valence-electron chi connectivity index (χ0n) is 13.2. The molecule has 1 aromatic heterocycles. The van der Waals surface area contributed by atoms with Crippen molar-refractivity contribution in [2.24, 2.45) is 0 Å². The van der Waals surface area contributed by atoms with Gasteiger partial charge in [-0.25, -0.2) is 0 Å². The van der Waals surface area contributed by atoms with Gasteiger partial charge in [0.05, 0.1) is 11.8 Å². The maximum absolute atomic E-state index is 12.4. The highest BCUT2D eigenvalue weighted by Crippen LogP contribution is 2.29. The van der Waals surface area contributed by atoms with Gasteiger partial charge in [0.15, 0.2) is 0 Å². The summed E-state index contributed by atoms with van der Waals surface area (Å²) >= 11 is 5.97. The van der Waals surface area contributed by atoms with Gasteiger partial charge in [0.25, 0.3) is 5.91 Å². The van der Waals surface area contributed by atoms with Crippen LogP contribution in [0.1, 0.15) is 30.8 Å². The molecule has 24 heavy (non-hydrogen) atoms. The van der Waals surface area contributed by atoms with Crippen LogP contribution in [0.25, 0.3) is 6.08 Å². The first-order chi connectivity index (χ1) is 11.5. The number of rotatable bonds is 5. The number of ether oxygens (including phenoxy) is 1. The van der Waals surface area contributed by atoms with Crippen LogP contribution in [0.4, 0.5) is 0 Å². The van der Waals surface area contributed by atoms with Gasteiger partial charge in [-0.3, -0.25) is 4.79 Å². The van der Waals surface area contributed by atoms with E-state index in [2.05, 4.69) is 5.32 Å². The van der Waals surface area contributed by atoms with Gasteiger partial charge in [-0.1, -0.05) is 11.6 Å². The van der Waals surface area contributed by atoms with Gasteiger partial charge < -0.3 is 19.6 Å². The summed E-state index contributed by atoms with van der Waals surface area (Å²) in [4.78, 5) is 12.4. The van der Waals surface area contributed by atoms with E-state index in [4.69, 9.17) is 20.8 Å². The summed E-state index contributed by atoms with van der Waals surface area (Å²) in [7, 11) is 0. The summed E-state index contributed by atoms with van der Waals surface area (Å²) < 4.78 is 10.7. The monoisotopic (exact) mass is 347 g/mol. The number of hydrogen-bond acceptors (Lipinski definition) is 4. The highest BCUT2D eigenvalue weighted by molar-refractivity contribution is 6.30. The average Bonchev–Trinajstić information content (AvgIpc) is 3.08. The Morgan fingerprint density at radius 2 is 2.25 bits per heavy atom. The number of fused-ring (bicyclic) bond motifs is 1. The zero-order valence-corrected chi connectivity index (χ0v) is 13.9. The van der Waals surface area contributed by atoms with Crippen molar-refractivity contribution in [3.05, 3.63) is 58.5 Å². The molecule has 2 heterocycles. The Balaban J connectivity index is 1.62. The van der Waals surface area contributed by atoms with Crippen molar-refractivity contribution in [2.45, 2.75) is 25.5 Å². The van der Waals surface area contributed by atoms with Crippen molar-refractivity contribution < 1.29 is 19.1 Å². The third-order valence-corrected chi connectivity index (χ3v) is 4.04. The number of carbonyl (C=O) groups excluding carboxylic acids is 1. The van der Waals surface area contributed by atoms with Gasteiger partial charge in [-0.2, -0.15) is 0 Å². The lowest BCUT2D eigenvalue weighted by Gasteiger charge is -2.21. The smallest absolute Gasteiger partial charge is 0.250 e. The summed E-state index contributed by atoms with van der Waals surface area (Å²) in [6.07, 6.45) is 2.88. The first kappa shape index (κ1) is 16.6. The largest absolute Gasteiger partial charge is 0.488 e. The number of furan rings is 1. The predicted molar refractivity (Wildman–Crippen MR) is 90.8 cm³/mol. The molecule has 1 aliphatic rings. The molecule has 3 rings (SSSR count). The van der Waals surface area contributed by atoms with Crippen LogP contribution < -0.4 is 10.1 Å². The number of hydrogen-bond donors (Lipinski definition) is 2. The van der Waals surface area contributed by atoms with Gasteiger partial charge in [-0.05, 0) is 43.3 Å². The molecule has 2 N–H and O–H groups in total. The Morgan fingerprint density at radius 3 is 3.00 bits per heavy atom. The van der Waals surface area contributed by atoms with E-state index in [1.165, 1.54) is 6.26 Å². The summed E-state index contributed by atoms with van der Waals surface area (Å²) in [5, 5.41) is 13.5. The Hall–Kier alpha value is -2.24. The minimum Gasteiger partial charge on any atom is -0.488 e. The van der Waals surface area contributed by atoms with E-state index in [9.17, 15) is 9.90 Å². The van der Waals surface area contributed by atoms with E-state index in [0.29, 0.717) is 28.5 Å². The van der Waals surface area contributed by atoms with Gasteiger partial charge in [0, 0.05) is 23.0 Å². The Labute approximate surface area is 144 Å². The second-order valence-electron chi connectivity index (χ2n) is 5.78. The number of aliphatic hydroxyl groups excluding tert-OH is 1. The Bertz CT molecular complexity index is 754. The minimum absolute atomic E-state index is 0.202. The molecule has 126 valence electrons. The van der Waals surface area contributed by atoms with Crippen LogP contribution in [0, 0.1) is 0 Å². The fraction of sp³-hybridized carbons (Fsp3) is 0.278. The second-order valence-corrected chi connectivity index (χ2v) is 6.22. The van der Waals surface area contributed by atoms with E-state index in [-0.39, 0.29) is 18.6 Å². The second kappa shape index (κ2) is 7.11. The number of aliphatic hydroxyl groups is 1. The molecule has 0 radical (unpaired) electrons. The van der Waals surface area contributed by atoms with Crippen LogP contribution in [0.5, 0.6) is 5.75 Å². The topological polar surface area (TPSA) is 71.7 Å². The molecule has 2 atom stereocenters. The number of halogens is 1. The first-order valence-corrected chi connectivity index (χ1v) is 8.06. The summed E-state index contributed by atoms with van der Waals surface area (Å²) in [6.45, 7) is 2.03. The number of benzene rings is 1. The summed E-state index contributed by atoms with van der Waals surface area (Å²) in [5.74, 6) is 0.969. The van der Waals surface area contributed by atoms with Crippen LogP contribution in [-0.2, 0) is 4.79 Å². The Morgan fingerprint density at radius 1 is 1.42 bits per heavy atom. The molecule has 0 fully saturated rings. The maximum Gasteiger partial charge on any atom is 0.250 e. The number of amides is 1. The number of nitrogens with one attached hydrogen (secondary N) is 1. The molecule has 0 bridgehead atoms. The molecule has 2 unspecified atom stereocenters. The van der Waals surface area contributed by atoms with Crippen LogP contribution >= 0.6 is 11.6 Å². The Kier molecular flexibility index (Phi) is 4.92. The molecule has 0 spiro atoms. The quantitative estimate of drug-likeness (QED) is 0.870. The number of carbonyl (C=O) groups is 1. The summed E-state index contributed by atoms with van der Waals surface area (Å²) in [5.41, 5.74) is 1.30. The third-order valence-electron chi connectivity index (χ3n) is 3.80. The van der Waals surface area contributed by atoms with Crippen LogP contribution in [0.15, 0.2) is 46.6 Å². The van der Waals surface area contributed by atoms with Crippen molar-refractivity contribution in [3.8, 4) is 5.75 Å². The molecule has 0 aliphatic carbocycles. The van der Waals surface area contributed by atoms with E-state index in [1.54, 1.807) is 36.4 Å². The fourth-order valence-electron chi connectivity index (χ4n) is 2.59. The molecule has 2 aromatic rings. The van der Waals surface area contributed by atoms with Gasteiger partial charge in [0.1, 0.15) is 24.2 Å². The van der Waals surface area contributed by atoms with Crippen molar-refractivity contribution >= 4 is 23.6 Å². The average molecular weight is 348 g/mol. The zero-order chi connectivity index (χ0) is 17.1. The minimum atomic E-state index is -0.758. The molecule has 0 saturated heterocycles.